The van der Waals surface area contributed by atoms with Crippen LogP contribution in [0.15, 0.2) is 42.5 Å². The first-order valence-electron chi connectivity index (χ1n) is 12.5. The van der Waals surface area contributed by atoms with Crippen molar-refractivity contribution in [3.05, 3.63) is 64.7 Å². The minimum atomic E-state index is -0.507. The number of fused-ring (bicyclic) bond motifs is 1. The van der Waals surface area contributed by atoms with Crippen LogP contribution in [0.2, 0.25) is 0 Å². The Balaban J connectivity index is 1.43. The Kier molecular flexibility index (Phi) is 6.13. The normalized spacial score (nSPS) is 20.7. The van der Waals surface area contributed by atoms with Gasteiger partial charge in [0.2, 0.25) is 5.91 Å². The van der Waals surface area contributed by atoms with Crippen LogP contribution in [0.4, 0.5) is 0 Å². The number of hydrogen-bond donors (Lipinski definition) is 1. The first-order valence-corrected chi connectivity index (χ1v) is 12.5. The van der Waals surface area contributed by atoms with Crippen molar-refractivity contribution in [1.82, 2.24) is 10.2 Å². The SMILES string of the molecule is CC[C@@H](Oc1ccc2c(c1)[C@@H](c1cccc(C)c1)N(C(=O)C1CC1)CC2)C(=O)NCC1CC1. The lowest BCUT2D eigenvalue weighted by atomic mass is 9.87. The summed E-state index contributed by atoms with van der Waals surface area (Å²) in [6.45, 7) is 5.55. The first-order chi connectivity index (χ1) is 16.0. The molecule has 2 saturated carbocycles. The summed E-state index contributed by atoms with van der Waals surface area (Å²) in [6, 6.07) is 14.5. The van der Waals surface area contributed by atoms with Crippen LogP contribution >= 0.6 is 0 Å². The van der Waals surface area contributed by atoms with E-state index in [-0.39, 0.29) is 23.8 Å². The number of benzene rings is 2. The maximum absolute atomic E-state index is 13.2. The molecule has 5 rings (SSSR count). The molecule has 2 aliphatic carbocycles. The summed E-state index contributed by atoms with van der Waals surface area (Å²) in [5, 5.41) is 3.04. The van der Waals surface area contributed by atoms with Gasteiger partial charge in [-0.3, -0.25) is 9.59 Å². The van der Waals surface area contributed by atoms with Gasteiger partial charge in [-0.25, -0.2) is 0 Å². The lowest BCUT2D eigenvalue weighted by molar-refractivity contribution is -0.134. The van der Waals surface area contributed by atoms with Gasteiger partial charge in [0.1, 0.15) is 5.75 Å². The first kappa shape index (κ1) is 22.0. The van der Waals surface area contributed by atoms with E-state index in [2.05, 4.69) is 53.5 Å². The number of amides is 2. The number of hydrogen-bond acceptors (Lipinski definition) is 3. The molecule has 2 aromatic carbocycles. The monoisotopic (exact) mass is 446 g/mol. The summed E-state index contributed by atoms with van der Waals surface area (Å²) in [4.78, 5) is 27.9. The number of ether oxygens (including phenoxy) is 1. The molecule has 0 radical (unpaired) electrons. The number of carbonyl (C=O) groups is 2. The van der Waals surface area contributed by atoms with Gasteiger partial charge in [-0.15, -0.1) is 0 Å². The van der Waals surface area contributed by atoms with Gasteiger partial charge in [-0.1, -0.05) is 42.8 Å². The molecule has 2 amide bonds. The Labute approximate surface area is 196 Å². The second kappa shape index (κ2) is 9.20. The van der Waals surface area contributed by atoms with Crippen LogP contribution < -0.4 is 10.1 Å². The zero-order chi connectivity index (χ0) is 22.9. The summed E-state index contributed by atoms with van der Waals surface area (Å²) in [7, 11) is 0. The molecule has 2 fully saturated rings. The van der Waals surface area contributed by atoms with Gasteiger partial charge in [-0.05, 0) is 80.2 Å². The molecule has 1 aliphatic heterocycles. The van der Waals surface area contributed by atoms with Crippen molar-refractivity contribution in [2.45, 2.75) is 64.5 Å². The van der Waals surface area contributed by atoms with Crippen molar-refractivity contribution >= 4 is 11.8 Å². The number of carbonyl (C=O) groups excluding carboxylic acids is 2. The van der Waals surface area contributed by atoms with Gasteiger partial charge >= 0.3 is 0 Å². The average molecular weight is 447 g/mol. The van der Waals surface area contributed by atoms with Gasteiger partial charge in [0.25, 0.3) is 5.91 Å². The van der Waals surface area contributed by atoms with Crippen molar-refractivity contribution < 1.29 is 14.3 Å². The minimum absolute atomic E-state index is 0.0390. The Hall–Kier alpha value is -2.82. The standard InChI is InChI=1S/C28H34N2O3/c1-3-25(27(31)29-17-19-7-8-19)33-23-12-11-20-13-14-30(28(32)21-9-10-21)26(24(20)16-23)22-6-4-5-18(2)15-22/h4-6,11-12,15-16,19,21,25-26H,3,7-10,13-14,17H2,1-2H3,(H,29,31)/t25-,26-/m1/s1. The Bertz CT molecular complexity index is 1040. The van der Waals surface area contributed by atoms with E-state index in [0.717, 1.165) is 43.5 Å². The predicted octanol–water partition coefficient (Wildman–Crippen LogP) is 4.56. The maximum atomic E-state index is 13.2. The van der Waals surface area contributed by atoms with Crippen LogP contribution in [0.25, 0.3) is 0 Å². The van der Waals surface area contributed by atoms with E-state index in [1.165, 1.54) is 24.0 Å². The molecule has 3 aliphatic rings. The summed E-state index contributed by atoms with van der Waals surface area (Å²) in [5.74, 6) is 1.74. The van der Waals surface area contributed by atoms with E-state index in [0.29, 0.717) is 18.1 Å². The zero-order valence-electron chi connectivity index (χ0n) is 19.7. The fourth-order valence-corrected chi connectivity index (χ4v) is 4.84. The molecule has 5 heteroatoms. The fraction of sp³-hybridized carbons (Fsp3) is 0.500. The Morgan fingerprint density at radius 2 is 1.94 bits per heavy atom. The summed E-state index contributed by atoms with van der Waals surface area (Å²) >= 11 is 0. The van der Waals surface area contributed by atoms with Crippen molar-refractivity contribution in [3.63, 3.8) is 0 Å². The highest BCUT2D eigenvalue weighted by molar-refractivity contribution is 5.82. The van der Waals surface area contributed by atoms with Crippen molar-refractivity contribution in [2.24, 2.45) is 11.8 Å². The van der Waals surface area contributed by atoms with Gasteiger partial charge in [-0.2, -0.15) is 0 Å². The van der Waals surface area contributed by atoms with E-state index >= 15 is 0 Å². The van der Waals surface area contributed by atoms with Gasteiger partial charge in [0.15, 0.2) is 6.10 Å². The van der Waals surface area contributed by atoms with E-state index in [1.807, 2.05) is 13.0 Å². The van der Waals surface area contributed by atoms with Crippen LogP contribution in [0.5, 0.6) is 5.75 Å². The Morgan fingerprint density at radius 1 is 1.12 bits per heavy atom. The summed E-state index contributed by atoms with van der Waals surface area (Å²) in [5.41, 5.74) is 4.69. The molecule has 1 N–H and O–H groups in total. The highest BCUT2D eigenvalue weighted by atomic mass is 16.5. The molecule has 33 heavy (non-hydrogen) atoms. The van der Waals surface area contributed by atoms with E-state index in [4.69, 9.17) is 4.74 Å². The topological polar surface area (TPSA) is 58.6 Å². The van der Waals surface area contributed by atoms with Crippen molar-refractivity contribution in [2.75, 3.05) is 13.1 Å². The predicted molar refractivity (Wildman–Crippen MR) is 128 cm³/mol. The number of rotatable bonds is 8. The lowest BCUT2D eigenvalue weighted by Crippen LogP contribution is -2.41. The maximum Gasteiger partial charge on any atom is 0.261 e. The van der Waals surface area contributed by atoms with Crippen molar-refractivity contribution in [3.8, 4) is 5.75 Å². The van der Waals surface area contributed by atoms with Crippen LogP contribution in [-0.2, 0) is 16.0 Å². The van der Waals surface area contributed by atoms with E-state index < -0.39 is 6.10 Å². The molecule has 0 bridgehead atoms. The number of nitrogens with one attached hydrogen (secondary N) is 1. The molecule has 2 aromatic rings. The lowest BCUT2D eigenvalue weighted by Gasteiger charge is -2.38. The average Bonchev–Trinajstić information content (AvgIpc) is 3.73. The fourth-order valence-electron chi connectivity index (χ4n) is 4.84. The minimum Gasteiger partial charge on any atom is -0.481 e. The largest absolute Gasteiger partial charge is 0.481 e. The molecule has 0 saturated heterocycles. The second-order valence-corrected chi connectivity index (χ2v) is 9.94. The molecular weight excluding hydrogens is 412 g/mol. The highest BCUT2D eigenvalue weighted by Crippen LogP contribution is 2.41. The summed E-state index contributed by atoms with van der Waals surface area (Å²) < 4.78 is 6.19. The zero-order valence-corrected chi connectivity index (χ0v) is 19.7. The second-order valence-electron chi connectivity index (χ2n) is 9.94. The van der Waals surface area contributed by atoms with Crippen LogP contribution in [0.1, 0.15) is 67.3 Å². The highest BCUT2D eigenvalue weighted by Gasteiger charge is 2.39. The third-order valence-electron chi connectivity index (χ3n) is 7.12. The molecular formula is C28H34N2O3. The Morgan fingerprint density at radius 3 is 2.64 bits per heavy atom. The van der Waals surface area contributed by atoms with Gasteiger partial charge < -0.3 is 15.0 Å². The molecule has 0 aromatic heterocycles. The van der Waals surface area contributed by atoms with Crippen LogP contribution in [-0.4, -0.2) is 35.9 Å². The van der Waals surface area contributed by atoms with Crippen LogP contribution in [0.3, 0.4) is 0 Å². The summed E-state index contributed by atoms with van der Waals surface area (Å²) in [6.07, 6.45) is 5.36. The molecule has 5 nitrogen and oxygen atoms in total. The van der Waals surface area contributed by atoms with Gasteiger partial charge in [0, 0.05) is 19.0 Å². The molecule has 0 unspecified atom stereocenters. The van der Waals surface area contributed by atoms with Crippen LogP contribution in [0, 0.1) is 18.8 Å². The molecule has 174 valence electrons. The third-order valence-corrected chi connectivity index (χ3v) is 7.12. The molecule has 0 spiro atoms. The van der Waals surface area contributed by atoms with Gasteiger partial charge in [0.05, 0.1) is 6.04 Å². The number of aryl methyl sites for hydroxylation is 1. The number of nitrogens with zero attached hydrogens (tertiary/aromatic N) is 1. The smallest absolute Gasteiger partial charge is 0.261 e. The molecule has 2 atom stereocenters. The van der Waals surface area contributed by atoms with Crippen molar-refractivity contribution in [1.29, 1.82) is 0 Å². The quantitative estimate of drug-likeness (QED) is 0.647. The molecule has 1 heterocycles. The van der Waals surface area contributed by atoms with E-state index in [1.54, 1.807) is 0 Å². The third kappa shape index (κ3) is 4.92. The van der Waals surface area contributed by atoms with E-state index in [9.17, 15) is 9.59 Å².